The molecule has 1 aliphatic carbocycles. The van der Waals surface area contributed by atoms with Crippen LogP contribution in [0.5, 0.6) is 5.75 Å². The van der Waals surface area contributed by atoms with Crippen molar-refractivity contribution in [3.63, 3.8) is 0 Å². The van der Waals surface area contributed by atoms with Crippen LogP contribution in [0.1, 0.15) is 74.7 Å². The first-order chi connectivity index (χ1) is 14.9. The van der Waals surface area contributed by atoms with Crippen LogP contribution in [0.15, 0.2) is 48.5 Å². The van der Waals surface area contributed by atoms with Crippen molar-refractivity contribution in [2.75, 3.05) is 12.4 Å². The van der Waals surface area contributed by atoms with Crippen molar-refractivity contribution in [3.8, 4) is 5.75 Å². The van der Waals surface area contributed by atoms with Gasteiger partial charge >= 0.3 is 0 Å². The number of amides is 2. The van der Waals surface area contributed by atoms with Gasteiger partial charge in [0.05, 0.1) is 11.3 Å². The average molecular weight is 423 g/mol. The van der Waals surface area contributed by atoms with Gasteiger partial charge in [0.25, 0.3) is 11.8 Å². The Bertz CT molecular complexity index is 886. The third-order valence-electron chi connectivity index (χ3n) is 6.09. The Hall–Kier alpha value is -2.82. The first kappa shape index (κ1) is 22.9. The SMILES string of the molecule is CC(C)c1ccc(O[C@@H](C)C(=O)Nc2ccccc2C(=O)N(C)C2CCCCC2)cc1. The summed E-state index contributed by atoms with van der Waals surface area (Å²) in [6.07, 6.45) is 4.95. The van der Waals surface area contributed by atoms with Crippen LogP contribution in [0.2, 0.25) is 0 Å². The topological polar surface area (TPSA) is 58.6 Å². The number of anilines is 1. The van der Waals surface area contributed by atoms with Crippen LogP contribution in [0.25, 0.3) is 0 Å². The molecular formula is C26H34N2O3. The lowest BCUT2D eigenvalue weighted by Gasteiger charge is -2.31. The van der Waals surface area contributed by atoms with Gasteiger partial charge in [0.15, 0.2) is 6.10 Å². The number of nitrogens with one attached hydrogen (secondary N) is 1. The molecule has 1 N–H and O–H groups in total. The molecule has 2 aromatic carbocycles. The second-order valence-corrected chi connectivity index (χ2v) is 8.73. The second kappa shape index (κ2) is 10.5. The van der Waals surface area contributed by atoms with E-state index >= 15 is 0 Å². The molecule has 1 aliphatic rings. The van der Waals surface area contributed by atoms with E-state index in [0.717, 1.165) is 25.7 Å². The highest BCUT2D eigenvalue weighted by Gasteiger charge is 2.25. The molecule has 0 aromatic heterocycles. The fourth-order valence-electron chi connectivity index (χ4n) is 4.03. The number of ether oxygens (including phenoxy) is 1. The normalized spacial score (nSPS) is 15.4. The van der Waals surface area contributed by atoms with Gasteiger partial charge in [-0.15, -0.1) is 0 Å². The van der Waals surface area contributed by atoms with Gasteiger partial charge in [0, 0.05) is 13.1 Å². The summed E-state index contributed by atoms with van der Waals surface area (Å²) in [4.78, 5) is 27.7. The Morgan fingerprint density at radius 1 is 0.968 bits per heavy atom. The fourth-order valence-corrected chi connectivity index (χ4v) is 4.03. The maximum Gasteiger partial charge on any atom is 0.265 e. The molecule has 5 heteroatoms. The first-order valence-corrected chi connectivity index (χ1v) is 11.3. The molecule has 1 atom stereocenters. The van der Waals surface area contributed by atoms with Crippen molar-refractivity contribution in [1.82, 2.24) is 4.90 Å². The van der Waals surface area contributed by atoms with Gasteiger partial charge in [-0.05, 0) is 55.5 Å². The third-order valence-corrected chi connectivity index (χ3v) is 6.09. The van der Waals surface area contributed by atoms with Crippen molar-refractivity contribution < 1.29 is 14.3 Å². The second-order valence-electron chi connectivity index (χ2n) is 8.73. The van der Waals surface area contributed by atoms with E-state index in [1.807, 2.05) is 48.3 Å². The van der Waals surface area contributed by atoms with E-state index in [1.54, 1.807) is 19.1 Å². The van der Waals surface area contributed by atoms with Gasteiger partial charge in [-0.3, -0.25) is 9.59 Å². The zero-order valence-electron chi connectivity index (χ0n) is 19.1. The number of rotatable bonds is 7. The van der Waals surface area contributed by atoms with Crippen LogP contribution in [-0.2, 0) is 4.79 Å². The highest BCUT2D eigenvalue weighted by Crippen LogP contribution is 2.25. The lowest BCUT2D eigenvalue weighted by Crippen LogP contribution is -2.39. The standard InChI is InChI=1S/C26H34N2O3/c1-18(2)20-14-16-22(17-15-20)31-19(3)25(29)27-24-13-9-8-12-23(24)26(30)28(4)21-10-6-5-7-11-21/h8-9,12-19,21H,5-7,10-11H2,1-4H3,(H,27,29)/t19-/m0/s1. The minimum atomic E-state index is -0.691. The zero-order chi connectivity index (χ0) is 22.4. The number of carbonyl (C=O) groups excluding carboxylic acids is 2. The summed E-state index contributed by atoms with van der Waals surface area (Å²) in [6, 6.07) is 15.3. The number of hydrogen-bond acceptors (Lipinski definition) is 3. The molecule has 1 fully saturated rings. The quantitative estimate of drug-likeness (QED) is 0.630. The molecule has 0 radical (unpaired) electrons. The summed E-state index contributed by atoms with van der Waals surface area (Å²) in [6.45, 7) is 5.98. The number of nitrogens with zero attached hydrogens (tertiary/aromatic N) is 1. The number of benzene rings is 2. The zero-order valence-corrected chi connectivity index (χ0v) is 19.1. The summed E-state index contributed by atoms with van der Waals surface area (Å²) in [7, 11) is 1.86. The van der Waals surface area contributed by atoms with Crippen LogP contribution in [0.4, 0.5) is 5.69 Å². The van der Waals surface area contributed by atoms with E-state index in [9.17, 15) is 9.59 Å². The lowest BCUT2D eigenvalue weighted by atomic mass is 9.94. The maximum atomic E-state index is 13.1. The van der Waals surface area contributed by atoms with Gasteiger partial charge in [0.1, 0.15) is 5.75 Å². The van der Waals surface area contributed by atoms with Gasteiger partial charge in [-0.1, -0.05) is 57.4 Å². The molecule has 31 heavy (non-hydrogen) atoms. The molecule has 0 saturated heterocycles. The Morgan fingerprint density at radius 3 is 2.26 bits per heavy atom. The van der Waals surface area contributed by atoms with E-state index < -0.39 is 6.10 Å². The summed E-state index contributed by atoms with van der Waals surface area (Å²) in [5.41, 5.74) is 2.25. The van der Waals surface area contributed by atoms with E-state index in [2.05, 4.69) is 19.2 Å². The van der Waals surface area contributed by atoms with Crippen molar-refractivity contribution in [1.29, 1.82) is 0 Å². The van der Waals surface area contributed by atoms with E-state index in [0.29, 0.717) is 22.9 Å². The Labute approximate surface area is 185 Å². The molecule has 0 unspecified atom stereocenters. The van der Waals surface area contributed by atoms with Crippen LogP contribution >= 0.6 is 0 Å². The summed E-state index contributed by atoms with van der Waals surface area (Å²) >= 11 is 0. The average Bonchev–Trinajstić information content (AvgIpc) is 2.79. The summed E-state index contributed by atoms with van der Waals surface area (Å²) in [5.74, 6) is 0.748. The van der Waals surface area contributed by atoms with Crippen molar-refractivity contribution in [2.45, 2.75) is 70.9 Å². The monoisotopic (exact) mass is 422 g/mol. The first-order valence-electron chi connectivity index (χ1n) is 11.3. The van der Waals surface area contributed by atoms with Crippen molar-refractivity contribution >= 4 is 17.5 Å². The van der Waals surface area contributed by atoms with Gasteiger partial charge in [0.2, 0.25) is 0 Å². The minimum Gasteiger partial charge on any atom is -0.481 e. The van der Waals surface area contributed by atoms with Gasteiger partial charge in [-0.2, -0.15) is 0 Å². The predicted octanol–water partition coefficient (Wildman–Crippen LogP) is 5.62. The Kier molecular flexibility index (Phi) is 7.72. The minimum absolute atomic E-state index is 0.0550. The van der Waals surface area contributed by atoms with E-state index in [-0.39, 0.29) is 17.9 Å². The smallest absolute Gasteiger partial charge is 0.265 e. The van der Waals surface area contributed by atoms with Gasteiger partial charge in [-0.25, -0.2) is 0 Å². The number of para-hydroxylation sites is 1. The van der Waals surface area contributed by atoms with E-state index in [1.165, 1.54) is 12.0 Å². The van der Waals surface area contributed by atoms with Gasteiger partial charge < -0.3 is 15.0 Å². The molecule has 3 rings (SSSR count). The van der Waals surface area contributed by atoms with Crippen molar-refractivity contribution in [3.05, 3.63) is 59.7 Å². The number of carbonyl (C=O) groups is 2. The molecule has 166 valence electrons. The maximum absolute atomic E-state index is 13.1. The number of hydrogen-bond donors (Lipinski definition) is 1. The molecule has 0 bridgehead atoms. The molecule has 0 aliphatic heterocycles. The largest absolute Gasteiger partial charge is 0.481 e. The molecule has 0 spiro atoms. The summed E-state index contributed by atoms with van der Waals surface area (Å²) in [5, 5.41) is 2.89. The van der Waals surface area contributed by atoms with Crippen molar-refractivity contribution in [2.24, 2.45) is 0 Å². The summed E-state index contributed by atoms with van der Waals surface area (Å²) < 4.78 is 5.82. The van der Waals surface area contributed by atoms with Crippen LogP contribution in [0, 0.1) is 0 Å². The van der Waals surface area contributed by atoms with E-state index in [4.69, 9.17) is 4.74 Å². The van der Waals surface area contributed by atoms with Crippen LogP contribution in [-0.4, -0.2) is 35.9 Å². The third kappa shape index (κ3) is 5.87. The molecule has 0 heterocycles. The highest BCUT2D eigenvalue weighted by atomic mass is 16.5. The molecule has 2 aromatic rings. The van der Waals surface area contributed by atoms with Crippen LogP contribution < -0.4 is 10.1 Å². The fraction of sp³-hybridized carbons (Fsp3) is 0.462. The Balaban J connectivity index is 1.66. The molecular weight excluding hydrogens is 388 g/mol. The van der Waals surface area contributed by atoms with Crippen LogP contribution in [0.3, 0.4) is 0 Å². The Morgan fingerprint density at radius 2 is 1.61 bits per heavy atom. The predicted molar refractivity (Wildman–Crippen MR) is 125 cm³/mol. The molecule has 1 saturated carbocycles. The molecule has 2 amide bonds. The highest BCUT2D eigenvalue weighted by molar-refractivity contribution is 6.04. The lowest BCUT2D eigenvalue weighted by molar-refractivity contribution is -0.122. The molecule has 5 nitrogen and oxygen atoms in total.